The second kappa shape index (κ2) is 16.3. The highest BCUT2D eigenvalue weighted by Crippen LogP contribution is 2.32. The summed E-state index contributed by atoms with van der Waals surface area (Å²) in [6.45, 7) is 5.75. The Balaban J connectivity index is 0.000000197. The molecule has 55 heavy (non-hydrogen) atoms. The Morgan fingerprint density at radius 1 is 0.818 bits per heavy atom. The molecule has 1 amide bonds. The summed E-state index contributed by atoms with van der Waals surface area (Å²) in [6, 6.07) is 19.4. The molecule has 5 heterocycles. The van der Waals surface area contributed by atoms with Gasteiger partial charge in [-0.05, 0) is 92.1 Å². The lowest BCUT2D eigenvalue weighted by Gasteiger charge is -2.43. The van der Waals surface area contributed by atoms with Gasteiger partial charge in [-0.15, -0.1) is 22.7 Å². The molecule has 2 aromatic heterocycles. The number of nitrogens with zero attached hydrogens (tertiary/aromatic N) is 5. The molecule has 5 aromatic rings. The number of nitrogens with one attached hydrogen (secondary N) is 3. The van der Waals surface area contributed by atoms with Gasteiger partial charge in [0.2, 0.25) is 5.91 Å². The fraction of sp³-hybridized carbons (Fsp3) is 0.306. The quantitative estimate of drug-likeness (QED) is 0.143. The molecule has 3 aromatic carbocycles. The number of thiazole rings is 2. The Bertz CT molecular complexity index is 2300. The monoisotopic (exact) mass is 841 g/mol. The zero-order valence-electron chi connectivity index (χ0n) is 29.7. The SMILES string of the molecule is CC(C(=O)NC1CN(c2ccc(S(=O)(=O)Nc3nccs3)cc2)C1)N1CCCc2cc(Cl)ccc21.NC1CN(c2ccc(S(=O)(=O)Nc3nccs3)cc2)C1. The second-order valence-corrected chi connectivity index (χ2v) is 19.0. The number of aryl methyl sites for hydroxylation is 1. The highest BCUT2D eigenvalue weighted by atomic mass is 35.5. The summed E-state index contributed by atoms with van der Waals surface area (Å²) >= 11 is 8.62. The smallest absolute Gasteiger partial charge is 0.263 e. The van der Waals surface area contributed by atoms with Crippen molar-refractivity contribution >= 4 is 87.6 Å². The third-order valence-corrected chi connectivity index (χ3v) is 14.1. The van der Waals surface area contributed by atoms with Crippen molar-refractivity contribution in [2.75, 3.05) is 56.9 Å². The summed E-state index contributed by atoms with van der Waals surface area (Å²) in [5.74, 6) is 0.00662. The van der Waals surface area contributed by atoms with E-state index in [0.717, 1.165) is 54.6 Å². The predicted molar refractivity (Wildman–Crippen MR) is 220 cm³/mol. The molecule has 0 spiro atoms. The molecular weight excluding hydrogens is 802 g/mol. The van der Waals surface area contributed by atoms with Crippen LogP contribution < -0.4 is 35.2 Å². The van der Waals surface area contributed by atoms with E-state index in [1.54, 1.807) is 71.7 Å². The van der Waals surface area contributed by atoms with Crippen LogP contribution >= 0.6 is 34.3 Å². The first-order valence-corrected chi connectivity index (χ1v) is 22.6. The molecule has 2 saturated heterocycles. The number of sulfonamides is 2. The minimum Gasteiger partial charge on any atom is -0.368 e. The maximum atomic E-state index is 13.0. The van der Waals surface area contributed by atoms with E-state index in [1.807, 2.05) is 25.1 Å². The molecule has 19 heteroatoms. The van der Waals surface area contributed by atoms with Gasteiger partial charge in [0, 0.05) is 84.0 Å². The van der Waals surface area contributed by atoms with Crippen LogP contribution in [0.3, 0.4) is 0 Å². The molecule has 5 N–H and O–H groups in total. The van der Waals surface area contributed by atoms with Crippen LogP contribution in [0, 0.1) is 0 Å². The number of rotatable bonds is 11. The largest absolute Gasteiger partial charge is 0.368 e. The number of hydrogen-bond acceptors (Lipinski definition) is 13. The van der Waals surface area contributed by atoms with Gasteiger partial charge in [-0.3, -0.25) is 14.2 Å². The minimum absolute atomic E-state index is 0.00662. The van der Waals surface area contributed by atoms with Crippen LogP contribution in [0.1, 0.15) is 18.9 Å². The van der Waals surface area contributed by atoms with Crippen molar-refractivity contribution in [1.29, 1.82) is 0 Å². The lowest BCUT2D eigenvalue weighted by molar-refractivity contribution is -0.123. The molecule has 8 rings (SSSR count). The molecule has 1 unspecified atom stereocenters. The summed E-state index contributed by atoms with van der Waals surface area (Å²) in [5.41, 5.74) is 9.90. The highest BCUT2D eigenvalue weighted by Gasteiger charge is 2.32. The van der Waals surface area contributed by atoms with Crippen molar-refractivity contribution in [3.05, 3.63) is 100 Å². The molecule has 290 valence electrons. The van der Waals surface area contributed by atoms with Gasteiger partial charge in [-0.25, -0.2) is 26.8 Å². The molecule has 14 nitrogen and oxygen atoms in total. The first-order valence-electron chi connectivity index (χ1n) is 17.5. The van der Waals surface area contributed by atoms with Crippen LogP contribution in [0.25, 0.3) is 0 Å². The van der Waals surface area contributed by atoms with Crippen molar-refractivity contribution in [1.82, 2.24) is 15.3 Å². The van der Waals surface area contributed by atoms with Crippen LogP contribution in [-0.4, -0.2) is 83.6 Å². The van der Waals surface area contributed by atoms with Gasteiger partial charge in [0.25, 0.3) is 20.0 Å². The predicted octanol–water partition coefficient (Wildman–Crippen LogP) is 4.83. The molecule has 0 radical (unpaired) electrons. The van der Waals surface area contributed by atoms with Crippen molar-refractivity contribution in [3.63, 3.8) is 0 Å². The summed E-state index contributed by atoms with van der Waals surface area (Å²) < 4.78 is 54.2. The Morgan fingerprint density at radius 2 is 1.35 bits per heavy atom. The zero-order chi connectivity index (χ0) is 38.7. The first-order chi connectivity index (χ1) is 26.3. The minimum atomic E-state index is -3.67. The first kappa shape index (κ1) is 38.8. The van der Waals surface area contributed by atoms with Crippen molar-refractivity contribution in [2.24, 2.45) is 5.73 Å². The number of carbonyl (C=O) groups excluding carboxylic acids is 1. The second-order valence-electron chi connectivity index (χ2n) is 13.4. The number of amides is 1. The van der Waals surface area contributed by atoms with Gasteiger partial charge in [0.15, 0.2) is 10.3 Å². The van der Waals surface area contributed by atoms with Crippen LogP contribution in [-0.2, 0) is 31.3 Å². The summed E-state index contributed by atoms with van der Waals surface area (Å²) in [6.07, 6.45) is 5.07. The van der Waals surface area contributed by atoms with Crippen molar-refractivity contribution in [2.45, 2.75) is 47.7 Å². The maximum Gasteiger partial charge on any atom is 0.263 e. The van der Waals surface area contributed by atoms with Gasteiger partial charge in [0.1, 0.15) is 6.04 Å². The van der Waals surface area contributed by atoms with Gasteiger partial charge in [-0.2, -0.15) is 0 Å². The summed E-state index contributed by atoms with van der Waals surface area (Å²) in [4.78, 5) is 27.6. The fourth-order valence-electron chi connectivity index (χ4n) is 6.53. The molecule has 0 aliphatic carbocycles. The number of benzene rings is 3. The average molecular weight is 842 g/mol. The number of halogens is 1. The maximum absolute atomic E-state index is 13.0. The van der Waals surface area contributed by atoms with Crippen molar-refractivity contribution < 1.29 is 21.6 Å². The van der Waals surface area contributed by atoms with E-state index in [-0.39, 0.29) is 33.8 Å². The van der Waals surface area contributed by atoms with Gasteiger partial charge < -0.3 is 25.8 Å². The summed E-state index contributed by atoms with van der Waals surface area (Å²) in [5, 5.41) is 8.00. The lowest BCUT2D eigenvalue weighted by atomic mass is 9.99. The molecule has 1 atom stereocenters. The Hall–Kier alpha value is -4.46. The molecule has 0 saturated carbocycles. The highest BCUT2D eigenvalue weighted by molar-refractivity contribution is 7.93. The Labute approximate surface area is 333 Å². The number of carbonyl (C=O) groups is 1. The van der Waals surface area contributed by atoms with E-state index in [9.17, 15) is 21.6 Å². The third kappa shape index (κ3) is 9.16. The van der Waals surface area contributed by atoms with E-state index in [2.05, 4.69) is 39.4 Å². The molecule has 2 fully saturated rings. The van der Waals surface area contributed by atoms with E-state index in [4.69, 9.17) is 17.3 Å². The van der Waals surface area contributed by atoms with Gasteiger partial charge in [0.05, 0.1) is 15.8 Å². The standard InChI is InChI=1S/C24H26ClN5O3S2.C12H14N4O2S2/c1-16(30-11-2-3-17-13-18(25)4-9-22(17)30)23(31)27-19-14-29(15-19)20-5-7-21(8-6-20)35(32,33)28-24-26-10-12-34-24;13-9-7-16(8-9)10-1-3-11(4-2-10)20(17,18)15-12-14-5-6-19-12/h4-10,12-13,16,19H,2-3,11,14-15H2,1H3,(H,26,28)(H,27,31);1-6,9H,7-8,13H2,(H,14,15). The lowest BCUT2D eigenvalue weighted by Crippen LogP contribution is -2.62. The molecule has 3 aliphatic heterocycles. The van der Waals surface area contributed by atoms with Crippen LogP contribution in [0.5, 0.6) is 0 Å². The van der Waals surface area contributed by atoms with E-state index >= 15 is 0 Å². The number of anilines is 5. The fourth-order valence-corrected chi connectivity index (χ4v) is 10.3. The molecular formula is C36H40ClN9O5S4. The van der Waals surface area contributed by atoms with Crippen LogP contribution in [0.4, 0.5) is 27.3 Å². The Kier molecular flexibility index (Phi) is 11.5. The van der Waals surface area contributed by atoms with Crippen molar-refractivity contribution in [3.8, 4) is 0 Å². The van der Waals surface area contributed by atoms with Crippen LogP contribution in [0.2, 0.25) is 5.02 Å². The molecule has 0 bridgehead atoms. The molecule has 3 aliphatic rings. The number of nitrogens with two attached hydrogens (primary N) is 1. The average Bonchev–Trinajstić information content (AvgIpc) is 3.85. The normalized spacial score (nSPS) is 16.5. The third-order valence-electron chi connectivity index (χ3n) is 9.51. The number of fused-ring (bicyclic) bond motifs is 1. The van der Waals surface area contributed by atoms with Crippen LogP contribution in [0.15, 0.2) is 99.7 Å². The topological polar surface area (TPSA) is 183 Å². The number of aromatic nitrogens is 2. The van der Waals surface area contributed by atoms with E-state index in [1.165, 1.54) is 28.2 Å². The van der Waals surface area contributed by atoms with Gasteiger partial charge in [-0.1, -0.05) is 11.6 Å². The Morgan fingerprint density at radius 3 is 1.84 bits per heavy atom. The zero-order valence-corrected chi connectivity index (χ0v) is 33.7. The van der Waals surface area contributed by atoms with E-state index in [0.29, 0.717) is 23.4 Å². The number of hydrogen-bond donors (Lipinski definition) is 4. The summed E-state index contributed by atoms with van der Waals surface area (Å²) in [7, 11) is -7.25. The van der Waals surface area contributed by atoms with Gasteiger partial charge >= 0.3 is 0 Å². The van der Waals surface area contributed by atoms with E-state index < -0.39 is 20.0 Å².